The first-order valence-corrected chi connectivity index (χ1v) is 11.2. The lowest BCUT2D eigenvalue weighted by Gasteiger charge is -2.34. The third-order valence-corrected chi connectivity index (χ3v) is 5.59. The van der Waals surface area contributed by atoms with E-state index in [1.807, 2.05) is 20.8 Å². The fraction of sp³-hybridized carbons (Fsp3) is 0.864. The Bertz CT molecular complexity index is 535. The van der Waals surface area contributed by atoms with Crippen LogP contribution in [0.1, 0.15) is 73.6 Å². The van der Waals surface area contributed by atoms with Gasteiger partial charge in [0.1, 0.15) is 0 Å². The van der Waals surface area contributed by atoms with Gasteiger partial charge in [-0.2, -0.15) is 0 Å². The van der Waals surface area contributed by atoms with Crippen LogP contribution < -0.4 is 21.3 Å². The van der Waals surface area contributed by atoms with Gasteiger partial charge in [0.15, 0.2) is 5.78 Å². The molecule has 0 spiro atoms. The van der Waals surface area contributed by atoms with Crippen molar-refractivity contribution in [3.63, 3.8) is 0 Å². The van der Waals surface area contributed by atoms with Crippen LogP contribution in [0.25, 0.3) is 0 Å². The summed E-state index contributed by atoms with van der Waals surface area (Å²) < 4.78 is 0. The zero-order valence-corrected chi connectivity index (χ0v) is 19.8. The molecule has 0 aliphatic carbocycles. The molecule has 0 aromatic heterocycles. The van der Waals surface area contributed by atoms with E-state index >= 15 is 0 Å². The molecule has 0 saturated heterocycles. The molecule has 0 bridgehead atoms. The standard InChI is InChI=1S/C22H44N4O4/c1-7-21(3,4)20(30)17(26-22(5,6)8-2)9-10-18(27)25-16-15-24-14-13-23-12-11-19(28)29/h17,23-24,26H,7-16H2,1-6H3,(H,25,27)(H,28,29). The van der Waals surface area contributed by atoms with Gasteiger partial charge in [0, 0.05) is 50.1 Å². The summed E-state index contributed by atoms with van der Waals surface area (Å²) >= 11 is 0. The molecule has 0 heterocycles. The number of amides is 1. The second-order valence-electron chi connectivity index (χ2n) is 9.07. The second-order valence-corrected chi connectivity index (χ2v) is 9.07. The smallest absolute Gasteiger partial charge is 0.304 e. The average molecular weight is 429 g/mol. The van der Waals surface area contributed by atoms with E-state index in [-0.39, 0.29) is 29.7 Å². The van der Waals surface area contributed by atoms with Gasteiger partial charge in [-0.25, -0.2) is 0 Å². The van der Waals surface area contributed by atoms with Gasteiger partial charge in [-0.3, -0.25) is 14.4 Å². The molecule has 0 saturated carbocycles. The molecule has 1 amide bonds. The predicted octanol–water partition coefficient (Wildman–Crippen LogP) is 1.69. The number of carboxylic acids is 1. The number of carbonyl (C=O) groups excluding carboxylic acids is 2. The van der Waals surface area contributed by atoms with Crippen molar-refractivity contribution in [2.75, 3.05) is 32.7 Å². The Labute approximate surface area is 182 Å². The van der Waals surface area contributed by atoms with Crippen LogP contribution in [0.4, 0.5) is 0 Å². The summed E-state index contributed by atoms with van der Waals surface area (Å²) in [6.45, 7) is 15.2. The molecule has 0 aliphatic rings. The number of nitrogens with one attached hydrogen (secondary N) is 4. The van der Waals surface area contributed by atoms with Crippen molar-refractivity contribution in [3.8, 4) is 0 Å². The molecular formula is C22H44N4O4. The predicted molar refractivity (Wildman–Crippen MR) is 121 cm³/mol. The van der Waals surface area contributed by atoms with E-state index < -0.39 is 11.4 Å². The van der Waals surface area contributed by atoms with Crippen LogP contribution in [0, 0.1) is 5.41 Å². The Morgan fingerprint density at radius 3 is 1.93 bits per heavy atom. The quantitative estimate of drug-likeness (QED) is 0.211. The first-order valence-electron chi connectivity index (χ1n) is 11.2. The minimum atomic E-state index is -0.811. The SMILES string of the molecule is CCC(C)(C)NC(CCC(=O)NCCNCCNCCC(=O)O)C(=O)C(C)(C)CC. The number of Topliss-reactive ketones (excluding diaryl/α,β-unsaturated/α-hetero) is 1. The van der Waals surface area contributed by atoms with Crippen LogP contribution in [0.2, 0.25) is 0 Å². The van der Waals surface area contributed by atoms with Gasteiger partial charge in [-0.05, 0) is 33.1 Å². The van der Waals surface area contributed by atoms with E-state index in [0.29, 0.717) is 45.6 Å². The molecule has 1 atom stereocenters. The highest BCUT2D eigenvalue weighted by molar-refractivity contribution is 5.89. The summed E-state index contributed by atoms with van der Waals surface area (Å²) in [5.74, 6) is -0.704. The zero-order chi connectivity index (χ0) is 23.2. The molecule has 0 aromatic rings. The molecular weight excluding hydrogens is 384 g/mol. The Balaban J connectivity index is 4.27. The van der Waals surface area contributed by atoms with E-state index in [4.69, 9.17) is 5.11 Å². The van der Waals surface area contributed by atoms with Gasteiger partial charge in [-0.1, -0.05) is 27.7 Å². The van der Waals surface area contributed by atoms with Gasteiger partial charge in [-0.15, -0.1) is 0 Å². The van der Waals surface area contributed by atoms with E-state index in [2.05, 4.69) is 42.0 Å². The van der Waals surface area contributed by atoms with Crippen LogP contribution in [0.15, 0.2) is 0 Å². The van der Waals surface area contributed by atoms with Crippen LogP contribution in [-0.2, 0) is 14.4 Å². The highest BCUT2D eigenvalue weighted by Crippen LogP contribution is 2.25. The monoisotopic (exact) mass is 428 g/mol. The molecule has 0 aromatic carbocycles. The fourth-order valence-corrected chi connectivity index (χ4v) is 2.76. The lowest BCUT2D eigenvalue weighted by molar-refractivity contribution is -0.137. The molecule has 176 valence electrons. The molecule has 1 unspecified atom stereocenters. The van der Waals surface area contributed by atoms with Crippen LogP contribution in [0.5, 0.6) is 0 Å². The molecule has 30 heavy (non-hydrogen) atoms. The van der Waals surface area contributed by atoms with Crippen LogP contribution >= 0.6 is 0 Å². The van der Waals surface area contributed by atoms with Gasteiger partial charge in [0.2, 0.25) is 5.91 Å². The largest absolute Gasteiger partial charge is 0.481 e. The summed E-state index contributed by atoms with van der Waals surface area (Å²) in [5, 5.41) is 21.1. The molecule has 8 nitrogen and oxygen atoms in total. The van der Waals surface area contributed by atoms with Crippen molar-refractivity contribution in [3.05, 3.63) is 0 Å². The van der Waals surface area contributed by atoms with E-state index in [0.717, 1.165) is 12.8 Å². The third-order valence-electron chi connectivity index (χ3n) is 5.59. The number of hydrogen-bond acceptors (Lipinski definition) is 6. The molecule has 0 rings (SSSR count). The lowest BCUT2D eigenvalue weighted by Crippen LogP contribution is -2.52. The number of aliphatic carboxylic acids is 1. The van der Waals surface area contributed by atoms with Gasteiger partial charge in [0.25, 0.3) is 0 Å². The Morgan fingerprint density at radius 1 is 0.833 bits per heavy atom. The van der Waals surface area contributed by atoms with Crippen LogP contribution in [0.3, 0.4) is 0 Å². The van der Waals surface area contributed by atoms with Crippen molar-refractivity contribution >= 4 is 17.7 Å². The normalized spacial score (nSPS) is 13.1. The first kappa shape index (κ1) is 28.5. The Morgan fingerprint density at radius 2 is 1.40 bits per heavy atom. The number of carbonyl (C=O) groups is 3. The first-order chi connectivity index (χ1) is 13.9. The number of rotatable bonds is 18. The Hall–Kier alpha value is -1.51. The third kappa shape index (κ3) is 12.9. The minimum absolute atomic E-state index is 0.0559. The number of carboxylic acid groups (broad SMARTS) is 1. The molecule has 0 radical (unpaired) electrons. The van der Waals surface area contributed by atoms with Crippen molar-refractivity contribution in [2.45, 2.75) is 85.2 Å². The maximum atomic E-state index is 13.0. The lowest BCUT2D eigenvalue weighted by atomic mass is 9.80. The topological polar surface area (TPSA) is 120 Å². The van der Waals surface area contributed by atoms with Gasteiger partial charge < -0.3 is 26.4 Å². The summed E-state index contributed by atoms with van der Waals surface area (Å²) in [6, 6.07) is -0.337. The van der Waals surface area contributed by atoms with Crippen molar-refractivity contribution < 1.29 is 19.5 Å². The molecule has 8 heteroatoms. The molecule has 5 N–H and O–H groups in total. The minimum Gasteiger partial charge on any atom is -0.481 e. The second kappa shape index (κ2) is 14.5. The Kier molecular flexibility index (Phi) is 13.8. The maximum Gasteiger partial charge on any atom is 0.304 e. The van der Waals surface area contributed by atoms with Crippen LogP contribution in [-0.4, -0.2) is 67.1 Å². The van der Waals surface area contributed by atoms with E-state index in [1.165, 1.54) is 0 Å². The van der Waals surface area contributed by atoms with Gasteiger partial charge in [0.05, 0.1) is 12.5 Å². The zero-order valence-electron chi connectivity index (χ0n) is 19.8. The fourth-order valence-electron chi connectivity index (χ4n) is 2.76. The van der Waals surface area contributed by atoms with E-state index in [1.54, 1.807) is 0 Å². The summed E-state index contributed by atoms with van der Waals surface area (Å²) in [7, 11) is 0. The number of hydrogen-bond donors (Lipinski definition) is 5. The highest BCUT2D eigenvalue weighted by Gasteiger charge is 2.34. The van der Waals surface area contributed by atoms with Crippen molar-refractivity contribution in [1.29, 1.82) is 0 Å². The maximum absolute atomic E-state index is 13.0. The summed E-state index contributed by atoms with van der Waals surface area (Å²) in [4.78, 5) is 35.6. The number of ketones is 1. The van der Waals surface area contributed by atoms with Gasteiger partial charge >= 0.3 is 5.97 Å². The average Bonchev–Trinajstić information content (AvgIpc) is 2.68. The molecule has 0 fully saturated rings. The summed E-state index contributed by atoms with van der Waals surface area (Å²) in [6.07, 6.45) is 2.56. The molecule has 0 aliphatic heterocycles. The van der Waals surface area contributed by atoms with Crippen molar-refractivity contribution in [2.24, 2.45) is 5.41 Å². The summed E-state index contributed by atoms with van der Waals surface area (Å²) in [5.41, 5.74) is -0.580. The highest BCUT2D eigenvalue weighted by atomic mass is 16.4. The van der Waals surface area contributed by atoms with Crippen molar-refractivity contribution in [1.82, 2.24) is 21.3 Å². The van der Waals surface area contributed by atoms with E-state index in [9.17, 15) is 14.4 Å².